The van der Waals surface area contributed by atoms with Crippen molar-refractivity contribution in [2.24, 2.45) is 0 Å². The van der Waals surface area contributed by atoms with Crippen LogP contribution in [-0.2, 0) is 0 Å². The van der Waals surface area contributed by atoms with Crippen molar-refractivity contribution >= 4 is 17.5 Å². The average Bonchev–Trinajstić information content (AvgIpc) is 2.50. The van der Waals surface area contributed by atoms with Crippen molar-refractivity contribution in [2.45, 2.75) is 45.4 Å². The van der Waals surface area contributed by atoms with E-state index in [0.29, 0.717) is 25.2 Å². The van der Waals surface area contributed by atoms with Gasteiger partial charge in [-0.1, -0.05) is 44.2 Å². The van der Waals surface area contributed by atoms with Gasteiger partial charge in [-0.15, -0.1) is 10.2 Å². The molecule has 5 nitrogen and oxygen atoms in total. The summed E-state index contributed by atoms with van der Waals surface area (Å²) in [6.45, 7) is 3.47. The molecule has 0 unspecified atom stereocenters. The van der Waals surface area contributed by atoms with Gasteiger partial charge >= 0.3 is 0 Å². The van der Waals surface area contributed by atoms with Crippen LogP contribution in [0.3, 0.4) is 0 Å². The van der Waals surface area contributed by atoms with Crippen LogP contribution in [0.25, 0.3) is 0 Å². The van der Waals surface area contributed by atoms with Gasteiger partial charge in [0, 0.05) is 19.7 Å². The maximum absolute atomic E-state index is 12.4. The second-order valence-corrected chi connectivity index (χ2v) is 5.41. The molecule has 0 atom stereocenters. The van der Waals surface area contributed by atoms with Gasteiger partial charge in [0.25, 0.3) is 5.91 Å². The summed E-state index contributed by atoms with van der Waals surface area (Å²) in [6, 6.07) is 3.15. The van der Waals surface area contributed by atoms with Crippen LogP contribution < -0.4 is 0 Å². The van der Waals surface area contributed by atoms with Gasteiger partial charge in [0.1, 0.15) is 0 Å². The van der Waals surface area contributed by atoms with Crippen LogP contribution in [0.5, 0.6) is 0 Å². The first-order valence-corrected chi connectivity index (χ1v) is 7.96. The summed E-state index contributed by atoms with van der Waals surface area (Å²) >= 11 is 5.68. The number of rotatable bonds is 10. The van der Waals surface area contributed by atoms with Gasteiger partial charge in [0.2, 0.25) is 0 Å². The maximum atomic E-state index is 12.4. The van der Waals surface area contributed by atoms with Crippen molar-refractivity contribution in [1.29, 1.82) is 0 Å². The highest BCUT2D eigenvalue weighted by Gasteiger charge is 2.16. The van der Waals surface area contributed by atoms with E-state index in [1.807, 2.05) is 0 Å². The number of aliphatic hydroxyl groups is 1. The summed E-state index contributed by atoms with van der Waals surface area (Å²) < 4.78 is 0. The van der Waals surface area contributed by atoms with Crippen molar-refractivity contribution in [3.8, 4) is 0 Å². The van der Waals surface area contributed by atoms with Crippen LogP contribution >= 0.6 is 11.6 Å². The molecular formula is C15H24ClN3O2. The smallest absolute Gasteiger partial charge is 0.274 e. The summed E-state index contributed by atoms with van der Waals surface area (Å²) in [6.07, 6.45) is 6.28. The lowest BCUT2D eigenvalue weighted by molar-refractivity contribution is 0.0734. The topological polar surface area (TPSA) is 66.3 Å². The summed E-state index contributed by atoms with van der Waals surface area (Å²) in [7, 11) is 0. The molecule has 118 valence electrons. The first-order valence-electron chi connectivity index (χ1n) is 7.58. The number of hydrogen-bond acceptors (Lipinski definition) is 4. The lowest BCUT2D eigenvalue weighted by atomic mass is 10.1. The molecule has 1 aromatic rings. The maximum Gasteiger partial charge on any atom is 0.274 e. The molecule has 0 bridgehead atoms. The number of hydrogen-bond donors (Lipinski definition) is 1. The number of unbranched alkanes of at least 4 members (excludes halogenated alkanes) is 4. The van der Waals surface area contributed by atoms with Gasteiger partial charge in [-0.2, -0.15) is 0 Å². The normalized spacial score (nSPS) is 10.6. The van der Waals surface area contributed by atoms with Crippen molar-refractivity contribution in [3.63, 3.8) is 0 Å². The number of carbonyl (C=O) groups excluding carboxylic acids is 1. The number of nitrogens with zero attached hydrogens (tertiary/aromatic N) is 3. The van der Waals surface area contributed by atoms with E-state index in [2.05, 4.69) is 17.1 Å². The van der Waals surface area contributed by atoms with Gasteiger partial charge in [0.15, 0.2) is 10.8 Å². The van der Waals surface area contributed by atoms with E-state index in [1.165, 1.54) is 19.3 Å². The van der Waals surface area contributed by atoms with Gasteiger partial charge in [-0.25, -0.2) is 0 Å². The molecule has 0 aliphatic carbocycles. The Labute approximate surface area is 131 Å². The van der Waals surface area contributed by atoms with Gasteiger partial charge in [-0.05, 0) is 25.0 Å². The summed E-state index contributed by atoms with van der Waals surface area (Å²) in [4.78, 5) is 14.1. The number of aliphatic hydroxyl groups excluding tert-OH is 1. The molecule has 0 aromatic carbocycles. The Hall–Kier alpha value is -1.20. The average molecular weight is 314 g/mol. The number of halogens is 1. The fourth-order valence-electron chi connectivity index (χ4n) is 2.07. The van der Waals surface area contributed by atoms with E-state index in [1.54, 1.807) is 17.0 Å². The quantitative estimate of drug-likeness (QED) is 0.674. The highest BCUT2D eigenvalue weighted by molar-refractivity contribution is 6.29. The third kappa shape index (κ3) is 6.87. The van der Waals surface area contributed by atoms with E-state index >= 15 is 0 Å². The monoisotopic (exact) mass is 313 g/mol. The zero-order valence-corrected chi connectivity index (χ0v) is 13.3. The number of carbonyl (C=O) groups is 1. The molecule has 6 heteroatoms. The predicted octanol–water partition coefficient (Wildman–Crippen LogP) is 2.93. The Morgan fingerprint density at radius 1 is 1.14 bits per heavy atom. The molecule has 0 saturated heterocycles. The van der Waals surface area contributed by atoms with Crippen LogP contribution in [-0.4, -0.2) is 45.8 Å². The number of amides is 1. The fourth-order valence-corrected chi connectivity index (χ4v) is 2.18. The lowest BCUT2D eigenvalue weighted by Gasteiger charge is -2.21. The van der Waals surface area contributed by atoms with Crippen molar-refractivity contribution in [3.05, 3.63) is 23.0 Å². The molecule has 0 radical (unpaired) electrons. The third-order valence-corrected chi connectivity index (χ3v) is 3.46. The molecular weight excluding hydrogens is 290 g/mol. The van der Waals surface area contributed by atoms with Crippen LogP contribution in [0.4, 0.5) is 0 Å². The zero-order chi connectivity index (χ0) is 15.5. The minimum Gasteiger partial charge on any atom is -0.396 e. The minimum atomic E-state index is -0.150. The van der Waals surface area contributed by atoms with E-state index < -0.39 is 0 Å². The molecule has 0 fully saturated rings. The van der Waals surface area contributed by atoms with Crippen LogP contribution in [0.2, 0.25) is 5.15 Å². The Morgan fingerprint density at radius 2 is 1.86 bits per heavy atom. The van der Waals surface area contributed by atoms with E-state index in [4.69, 9.17) is 16.7 Å². The molecule has 1 N–H and O–H groups in total. The van der Waals surface area contributed by atoms with Crippen molar-refractivity contribution in [2.75, 3.05) is 19.7 Å². The molecule has 0 aliphatic heterocycles. The number of aromatic nitrogens is 2. The molecule has 1 heterocycles. The molecule has 1 amide bonds. The Balaban J connectivity index is 2.54. The second kappa shape index (κ2) is 10.5. The largest absolute Gasteiger partial charge is 0.396 e. The molecule has 1 aromatic heterocycles. The Kier molecular flexibility index (Phi) is 8.94. The van der Waals surface area contributed by atoms with Crippen molar-refractivity contribution < 1.29 is 9.90 Å². The summed E-state index contributed by atoms with van der Waals surface area (Å²) in [5.41, 5.74) is 0.297. The lowest BCUT2D eigenvalue weighted by Crippen LogP contribution is -2.34. The fraction of sp³-hybridized carbons (Fsp3) is 0.667. The van der Waals surface area contributed by atoms with Crippen LogP contribution in [0.1, 0.15) is 55.9 Å². The molecule has 21 heavy (non-hydrogen) atoms. The Morgan fingerprint density at radius 3 is 2.48 bits per heavy atom. The minimum absolute atomic E-state index is 0.0753. The van der Waals surface area contributed by atoms with Crippen molar-refractivity contribution in [1.82, 2.24) is 15.1 Å². The second-order valence-electron chi connectivity index (χ2n) is 5.02. The molecule has 1 rings (SSSR count). The van der Waals surface area contributed by atoms with Crippen LogP contribution in [0.15, 0.2) is 12.1 Å². The van der Waals surface area contributed by atoms with E-state index in [9.17, 15) is 4.79 Å². The highest BCUT2D eigenvalue weighted by atomic mass is 35.5. The van der Waals surface area contributed by atoms with Gasteiger partial charge in [0.05, 0.1) is 0 Å². The SMILES string of the molecule is CCCCCCCN(CCCO)C(=O)c1ccc(Cl)nn1. The van der Waals surface area contributed by atoms with Gasteiger partial charge < -0.3 is 10.0 Å². The predicted molar refractivity (Wildman–Crippen MR) is 83.4 cm³/mol. The Bertz CT molecular complexity index is 412. The molecule has 0 spiro atoms. The first kappa shape index (κ1) is 17.9. The van der Waals surface area contributed by atoms with Crippen LogP contribution in [0, 0.1) is 0 Å². The molecule has 0 aliphatic rings. The highest BCUT2D eigenvalue weighted by Crippen LogP contribution is 2.09. The summed E-state index contributed by atoms with van der Waals surface area (Å²) in [5, 5.41) is 16.8. The molecule has 0 saturated carbocycles. The van der Waals surface area contributed by atoms with E-state index in [-0.39, 0.29) is 17.7 Å². The standard InChI is InChI=1S/C15H24ClN3O2/c1-2-3-4-5-6-10-19(11-7-12-20)15(21)13-8-9-14(16)18-17-13/h8-9,20H,2-7,10-12H2,1H3. The zero-order valence-electron chi connectivity index (χ0n) is 12.6. The summed E-state index contributed by atoms with van der Waals surface area (Å²) in [5.74, 6) is -0.150. The van der Waals surface area contributed by atoms with E-state index in [0.717, 1.165) is 12.8 Å². The van der Waals surface area contributed by atoms with Gasteiger partial charge in [-0.3, -0.25) is 4.79 Å². The third-order valence-electron chi connectivity index (χ3n) is 3.26. The first-order chi connectivity index (χ1) is 10.2.